The third-order valence-corrected chi connectivity index (χ3v) is 3.17. The van der Waals surface area contributed by atoms with Crippen LogP contribution in [0.5, 0.6) is 0 Å². The number of nitrogens with zero attached hydrogens (tertiary/aromatic N) is 4. The van der Waals surface area contributed by atoms with Crippen LogP contribution in [0.15, 0.2) is 44.3 Å². The van der Waals surface area contributed by atoms with Gasteiger partial charge in [-0.25, -0.2) is 14.3 Å². The fourth-order valence-corrected chi connectivity index (χ4v) is 1.95. The Morgan fingerprint density at radius 1 is 1.23 bits per heavy atom. The molecule has 0 spiro atoms. The third kappa shape index (κ3) is 2.69. The van der Waals surface area contributed by atoms with Crippen LogP contribution in [-0.4, -0.2) is 19.7 Å². The third-order valence-electron chi connectivity index (χ3n) is 3.17. The van der Waals surface area contributed by atoms with Crippen LogP contribution >= 0.6 is 0 Å². The molecule has 3 aromatic rings. The van der Waals surface area contributed by atoms with Gasteiger partial charge in [-0.1, -0.05) is 32.0 Å². The first-order valence-corrected chi connectivity index (χ1v) is 6.88. The van der Waals surface area contributed by atoms with Crippen molar-refractivity contribution >= 4 is 0 Å². The van der Waals surface area contributed by atoms with Crippen LogP contribution in [0.1, 0.15) is 32.4 Å². The largest absolute Gasteiger partial charge is 0.443 e. The Labute approximate surface area is 126 Å². The zero-order valence-corrected chi connectivity index (χ0v) is 12.6. The van der Waals surface area contributed by atoms with Crippen LogP contribution in [0.25, 0.3) is 11.5 Å². The number of pyridine rings is 1. The summed E-state index contributed by atoms with van der Waals surface area (Å²) in [5.74, 6) is 0.955. The highest BCUT2D eigenvalue weighted by Gasteiger charge is 2.21. The molecule has 3 rings (SSSR count). The van der Waals surface area contributed by atoms with E-state index in [1.807, 2.05) is 26.8 Å². The summed E-state index contributed by atoms with van der Waals surface area (Å²) in [7, 11) is 0. The fourth-order valence-electron chi connectivity index (χ4n) is 1.95. The predicted molar refractivity (Wildman–Crippen MR) is 78.3 cm³/mol. The van der Waals surface area contributed by atoms with Crippen LogP contribution in [0, 0.1) is 0 Å². The van der Waals surface area contributed by atoms with Crippen molar-refractivity contribution in [2.45, 2.75) is 32.7 Å². The number of aromatic nitrogens is 4. The smallest absolute Gasteiger partial charge is 0.442 e. The lowest BCUT2D eigenvalue weighted by atomic mass is 9.94. The fraction of sp³-hybridized carbons (Fsp3) is 0.333. The van der Waals surface area contributed by atoms with Crippen molar-refractivity contribution in [2.75, 3.05) is 0 Å². The van der Waals surface area contributed by atoms with E-state index in [0.29, 0.717) is 17.4 Å². The Bertz CT molecular complexity index is 824. The highest BCUT2D eigenvalue weighted by atomic mass is 16.5. The minimum Gasteiger partial charge on any atom is -0.443 e. The monoisotopic (exact) mass is 300 g/mol. The molecule has 0 aliphatic heterocycles. The van der Waals surface area contributed by atoms with Gasteiger partial charge in [0.25, 0.3) is 0 Å². The standard InChI is InChI=1S/C15H16N4O3/c1-15(2,3)11-8-17-12(21-11)9-19-13(18-22-14(19)20)10-6-4-5-7-16-10/h4-8H,9H2,1-3H3. The molecule has 114 valence electrons. The van der Waals surface area contributed by atoms with E-state index < -0.39 is 5.76 Å². The SMILES string of the molecule is CC(C)(C)c1cnc(Cn2c(-c3ccccn3)noc2=O)o1. The topological polar surface area (TPSA) is 87.0 Å². The molecule has 0 aliphatic rings. The van der Waals surface area contributed by atoms with E-state index in [1.54, 1.807) is 24.5 Å². The second-order valence-electron chi connectivity index (χ2n) is 5.94. The van der Waals surface area contributed by atoms with E-state index in [0.717, 1.165) is 5.76 Å². The summed E-state index contributed by atoms with van der Waals surface area (Å²) in [4.78, 5) is 20.3. The Morgan fingerprint density at radius 2 is 2.05 bits per heavy atom. The van der Waals surface area contributed by atoms with Crippen LogP contribution in [-0.2, 0) is 12.0 Å². The van der Waals surface area contributed by atoms with E-state index >= 15 is 0 Å². The molecular formula is C15H16N4O3. The van der Waals surface area contributed by atoms with Crippen LogP contribution in [0.4, 0.5) is 0 Å². The summed E-state index contributed by atoms with van der Waals surface area (Å²) in [6, 6.07) is 5.36. The Hall–Kier alpha value is -2.70. The molecule has 3 heterocycles. The maximum atomic E-state index is 11.9. The van der Waals surface area contributed by atoms with Gasteiger partial charge in [0.05, 0.1) is 6.20 Å². The summed E-state index contributed by atoms with van der Waals surface area (Å²) in [5.41, 5.74) is 0.408. The van der Waals surface area contributed by atoms with Crippen molar-refractivity contribution in [3.8, 4) is 11.5 Å². The number of hydrogen-bond acceptors (Lipinski definition) is 6. The van der Waals surface area contributed by atoms with Gasteiger partial charge < -0.3 is 4.42 Å². The van der Waals surface area contributed by atoms with Gasteiger partial charge in [-0.3, -0.25) is 9.51 Å². The van der Waals surface area contributed by atoms with Gasteiger partial charge >= 0.3 is 5.76 Å². The molecule has 0 saturated carbocycles. The first kappa shape index (κ1) is 14.2. The van der Waals surface area contributed by atoms with Crippen molar-refractivity contribution in [3.63, 3.8) is 0 Å². The van der Waals surface area contributed by atoms with E-state index in [1.165, 1.54) is 4.57 Å². The quantitative estimate of drug-likeness (QED) is 0.737. The molecule has 0 aliphatic carbocycles. The predicted octanol–water partition coefficient (Wildman–Crippen LogP) is 2.23. The average Bonchev–Trinajstić information content (AvgIpc) is 3.08. The zero-order chi connectivity index (χ0) is 15.7. The normalized spacial score (nSPS) is 11.8. The van der Waals surface area contributed by atoms with Crippen molar-refractivity contribution < 1.29 is 8.94 Å². The molecule has 0 fully saturated rings. The molecule has 3 aromatic heterocycles. The molecule has 7 heteroatoms. The molecular weight excluding hydrogens is 284 g/mol. The molecule has 0 amide bonds. The van der Waals surface area contributed by atoms with Gasteiger partial charge in [0, 0.05) is 11.6 Å². The number of rotatable bonds is 3. The first-order chi connectivity index (χ1) is 10.4. The maximum absolute atomic E-state index is 11.9. The molecule has 7 nitrogen and oxygen atoms in total. The van der Waals surface area contributed by atoms with Crippen molar-refractivity contribution in [2.24, 2.45) is 0 Å². The van der Waals surface area contributed by atoms with Crippen LogP contribution in [0.2, 0.25) is 0 Å². The zero-order valence-electron chi connectivity index (χ0n) is 12.6. The van der Waals surface area contributed by atoms with Gasteiger partial charge in [0.15, 0.2) is 0 Å². The minimum atomic E-state index is -0.573. The van der Waals surface area contributed by atoms with Crippen LogP contribution in [0.3, 0.4) is 0 Å². The van der Waals surface area contributed by atoms with Gasteiger partial charge in [-0.2, -0.15) is 0 Å². The summed E-state index contributed by atoms with van der Waals surface area (Å²) in [6.07, 6.45) is 3.30. The first-order valence-electron chi connectivity index (χ1n) is 6.88. The van der Waals surface area contributed by atoms with Crippen LogP contribution < -0.4 is 5.76 Å². The molecule has 0 aromatic carbocycles. The Kier molecular flexibility index (Phi) is 3.40. The molecule has 0 unspecified atom stereocenters. The van der Waals surface area contributed by atoms with Crippen molar-refractivity contribution in [1.82, 2.24) is 19.7 Å². The lowest BCUT2D eigenvalue weighted by Crippen LogP contribution is -2.16. The second-order valence-corrected chi connectivity index (χ2v) is 5.94. The van der Waals surface area contributed by atoms with E-state index in [4.69, 9.17) is 8.94 Å². The lowest BCUT2D eigenvalue weighted by Gasteiger charge is -2.13. The van der Waals surface area contributed by atoms with Gasteiger partial charge in [-0.15, -0.1) is 0 Å². The molecule has 0 radical (unpaired) electrons. The lowest BCUT2D eigenvalue weighted by molar-refractivity contribution is 0.359. The molecule has 0 saturated heterocycles. The summed E-state index contributed by atoms with van der Waals surface area (Å²) in [5, 5.41) is 3.78. The molecule has 0 bridgehead atoms. The Balaban J connectivity index is 1.95. The minimum absolute atomic E-state index is 0.143. The highest BCUT2D eigenvalue weighted by molar-refractivity contribution is 5.47. The van der Waals surface area contributed by atoms with Gasteiger partial charge in [0.1, 0.15) is 18.0 Å². The highest BCUT2D eigenvalue weighted by Crippen LogP contribution is 2.23. The summed E-state index contributed by atoms with van der Waals surface area (Å²) >= 11 is 0. The number of oxazole rings is 1. The van der Waals surface area contributed by atoms with Gasteiger partial charge in [0.2, 0.25) is 11.7 Å². The van der Waals surface area contributed by atoms with E-state index in [-0.39, 0.29) is 12.0 Å². The van der Waals surface area contributed by atoms with Crippen molar-refractivity contribution in [3.05, 3.63) is 52.8 Å². The second kappa shape index (κ2) is 5.25. The molecule has 0 N–H and O–H groups in total. The molecule has 22 heavy (non-hydrogen) atoms. The number of hydrogen-bond donors (Lipinski definition) is 0. The summed E-state index contributed by atoms with van der Waals surface area (Å²) in [6.45, 7) is 6.23. The van der Waals surface area contributed by atoms with E-state index in [2.05, 4.69) is 15.1 Å². The summed E-state index contributed by atoms with van der Waals surface area (Å²) < 4.78 is 11.8. The Morgan fingerprint density at radius 3 is 2.68 bits per heavy atom. The maximum Gasteiger partial charge on any atom is 0.442 e. The van der Waals surface area contributed by atoms with Gasteiger partial charge in [-0.05, 0) is 12.1 Å². The van der Waals surface area contributed by atoms with Crippen molar-refractivity contribution in [1.29, 1.82) is 0 Å². The average molecular weight is 300 g/mol. The molecule has 0 atom stereocenters. The van der Waals surface area contributed by atoms with E-state index in [9.17, 15) is 4.79 Å².